The Labute approximate surface area is 152 Å². The van der Waals surface area contributed by atoms with Gasteiger partial charge in [0.1, 0.15) is 5.82 Å². The quantitative estimate of drug-likeness (QED) is 0.829. The number of anilines is 2. The monoisotopic (exact) mass is 360 g/mol. The molecule has 0 spiro atoms. The van der Waals surface area contributed by atoms with E-state index in [-0.39, 0.29) is 23.9 Å². The van der Waals surface area contributed by atoms with Crippen molar-refractivity contribution in [2.45, 2.75) is 47.6 Å². The summed E-state index contributed by atoms with van der Waals surface area (Å²) >= 11 is 0. The number of aryl methyl sites for hydroxylation is 1. The third-order valence-electron chi connectivity index (χ3n) is 3.97. The molecule has 0 aliphatic heterocycles. The molecule has 1 aromatic heterocycles. The van der Waals surface area contributed by atoms with Crippen molar-refractivity contribution in [1.82, 2.24) is 9.78 Å². The van der Waals surface area contributed by atoms with E-state index in [1.807, 2.05) is 18.5 Å². The van der Waals surface area contributed by atoms with E-state index in [9.17, 15) is 14.0 Å². The predicted molar refractivity (Wildman–Crippen MR) is 99.6 cm³/mol. The van der Waals surface area contributed by atoms with Gasteiger partial charge in [-0.05, 0) is 38.0 Å². The van der Waals surface area contributed by atoms with Crippen molar-refractivity contribution in [3.8, 4) is 0 Å². The first kappa shape index (κ1) is 19.6. The summed E-state index contributed by atoms with van der Waals surface area (Å²) in [6.07, 6.45) is 0.111. The van der Waals surface area contributed by atoms with Crippen LogP contribution < -0.4 is 10.6 Å². The number of nitrogens with one attached hydrogen (secondary N) is 2. The fraction of sp³-hybridized carbons (Fsp3) is 0.421. The van der Waals surface area contributed by atoms with Crippen LogP contribution in [0.3, 0.4) is 0 Å². The highest BCUT2D eigenvalue weighted by Gasteiger charge is 2.17. The Hall–Kier alpha value is -2.70. The van der Waals surface area contributed by atoms with E-state index >= 15 is 0 Å². The van der Waals surface area contributed by atoms with Crippen LogP contribution in [-0.2, 0) is 22.6 Å². The first-order chi connectivity index (χ1) is 12.2. The van der Waals surface area contributed by atoms with Gasteiger partial charge >= 0.3 is 0 Å². The second-order valence-corrected chi connectivity index (χ2v) is 6.83. The number of hydrogen-bond acceptors (Lipinski definition) is 3. The number of nitrogens with zero attached hydrogens (tertiary/aromatic N) is 2. The molecule has 1 heterocycles. The number of rotatable bonds is 6. The maximum Gasteiger partial charge on any atom is 0.229 e. The molecular formula is C19H25FN4O2. The van der Waals surface area contributed by atoms with Gasteiger partial charge in [-0.15, -0.1) is 0 Å². The number of aromatic nitrogens is 2. The lowest BCUT2D eigenvalue weighted by Crippen LogP contribution is -2.17. The lowest BCUT2D eigenvalue weighted by atomic mass is 10.1. The molecule has 1 aromatic carbocycles. The molecule has 0 aliphatic carbocycles. The molecule has 0 fully saturated rings. The Morgan fingerprint density at radius 3 is 2.54 bits per heavy atom. The van der Waals surface area contributed by atoms with Crippen LogP contribution >= 0.6 is 0 Å². The maximum atomic E-state index is 14.0. The minimum atomic E-state index is -0.559. The molecule has 0 unspecified atom stereocenters. The smallest absolute Gasteiger partial charge is 0.229 e. The van der Waals surface area contributed by atoms with E-state index in [4.69, 9.17) is 0 Å². The molecule has 140 valence electrons. The standard InChI is InChI=1S/C19H25FN4O2/c1-11(2)10-24-13(4)16(12(3)23-24)9-19(26)22-18-8-15(21-14(5)25)6-7-17(18)20/h6-8,11H,9-10H2,1-5H3,(H,21,25)(H,22,26). The van der Waals surface area contributed by atoms with Gasteiger partial charge in [-0.3, -0.25) is 14.3 Å². The molecule has 0 atom stereocenters. The summed E-state index contributed by atoms with van der Waals surface area (Å²) in [5.74, 6) is -0.714. The highest BCUT2D eigenvalue weighted by Crippen LogP contribution is 2.21. The van der Waals surface area contributed by atoms with Crippen LogP contribution in [-0.4, -0.2) is 21.6 Å². The van der Waals surface area contributed by atoms with Crippen LogP contribution in [0.1, 0.15) is 37.7 Å². The van der Waals surface area contributed by atoms with E-state index < -0.39 is 5.82 Å². The maximum absolute atomic E-state index is 14.0. The van der Waals surface area contributed by atoms with Crippen molar-refractivity contribution < 1.29 is 14.0 Å². The Balaban J connectivity index is 2.14. The summed E-state index contributed by atoms with van der Waals surface area (Å²) in [4.78, 5) is 23.5. The lowest BCUT2D eigenvalue weighted by Gasteiger charge is -2.10. The van der Waals surface area contributed by atoms with Gasteiger partial charge in [-0.1, -0.05) is 13.8 Å². The first-order valence-electron chi connectivity index (χ1n) is 8.57. The molecule has 26 heavy (non-hydrogen) atoms. The lowest BCUT2D eigenvalue weighted by molar-refractivity contribution is -0.116. The average molecular weight is 360 g/mol. The molecule has 0 radical (unpaired) electrons. The minimum Gasteiger partial charge on any atom is -0.326 e. The molecule has 0 saturated heterocycles. The van der Waals surface area contributed by atoms with E-state index in [0.717, 1.165) is 23.5 Å². The van der Waals surface area contributed by atoms with Crippen molar-refractivity contribution in [3.63, 3.8) is 0 Å². The van der Waals surface area contributed by atoms with Gasteiger partial charge in [0, 0.05) is 30.4 Å². The molecule has 6 nitrogen and oxygen atoms in total. The Morgan fingerprint density at radius 1 is 1.23 bits per heavy atom. The van der Waals surface area contributed by atoms with Crippen LogP contribution in [0, 0.1) is 25.6 Å². The zero-order valence-corrected chi connectivity index (χ0v) is 15.8. The number of carbonyl (C=O) groups is 2. The van der Waals surface area contributed by atoms with Crippen LogP contribution in [0.2, 0.25) is 0 Å². The summed E-state index contributed by atoms with van der Waals surface area (Å²) in [5.41, 5.74) is 3.05. The molecule has 2 amide bonds. The molecule has 2 N–H and O–H groups in total. The Bertz CT molecular complexity index is 827. The predicted octanol–water partition coefficient (Wildman–Crippen LogP) is 3.43. The number of halogens is 1. The molecule has 0 aliphatic rings. The van der Waals surface area contributed by atoms with Crippen molar-refractivity contribution in [2.75, 3.05) is 10.6 Å². The van der Waals surface area contributed by atoms with Gasteiger partial charge in [-0.25, -0.2) is 4.39 Å². The molecule has 7 heteroatoms. The van der Waals surface area contributed by atoms with Gasteiger partial charge < -0.3 is 10.6 Å². The second kappa shape index (κ2) is 8.12. The summed E-state index contributed by atoms with van der Waals surface area (Å²) < 4.78 is 15.9. The number of benzene rings is 1. The van der Waals surface area contributed by atoms with Crippen LogP contribution in [0.25, 0.3) is 0 Å². The van der Waals surface area contributed by atoms with Crippen molar-refractivity contribution in [1.29, 1.82) is 0 Å². The number of carbonyl (C=O) groups excluding carboxylic acids is 2. The molecule has 0 bridgehead atoms. The van der Waals surface area contributed by atoms with Gasteiger partial charge in [-0.2, -0.15) is 5.10 Å². The Morgan fingerprint density at radius 2 is 1.92 bits per heavy atom. The minimum absolute atomic E-state index is 0.0335. The highest BCUT2D eigenvalue weighted by atomic mass is 19.1. The Kier molecular flexibility index (Phi) is 6.13. The highest BCUT2D eigenvalue weighted by molar-refractivity contribution is 5.94. The normalized spacial score (nSPS) is 10.9. The summed E-state index contributed by atoms with van der Waals surface area (Å²) in [6.45, 7) is 10.2. The molecule has 0 saturated carbocycles. The van der Waals surface area contributed by atoms with E-state index in [1.54, 1.807) is 0 Å². The zero-order chi connectivity index (χ0) is 19.4. The van der Waals surface area contributed by atoms with Crippen LogP contribution in [0.4, 0.5) is 15.8 Å². The zero-order valence-electron chi connectivity index (χ0n) is 15.8. The fourth-order valence-corrected chi connectivity index (χ4v) is 2.77. The second-order valence-electron chi connectivity index (χ2n) is 6.83. The summed E-state index contributed by atoms with van der Waals surface area (Å²) in [6, 6.07) is 4.05. The van der Waals surface area contributed by atoms with Gasteiger partial charge in [0.15, 0.2) is 0 Å². The third kappa shape index (κ3) is 4.91. The largest absolute Gasteiger partial charge is 0.326 e. The number of amides is 2. The fourth-order valence-electron chi connectivity index (χ4n) is 2.77. The topological polar surface area (TPSA) is 76.0 Å². The third-order valence-corrected chi connectivity index (χ3v) is 3.97. The average Bonchev–Trinajstić information content (AvgIpc) is 2.77. The summed E-state index contributed by atoms with van der Waals surface area (Å²) in [5, 5.41) is 9.63. The first-order valence-corrected chi connectivity index (χ1v) is 8.57. The number of hydrogen-bond donors (Lipinski definition) is 2. The molecular weight excluding hydrogens is 335 g/mol. The van der Waals surface area contributed by atoms with Gasteiger partial charge in [0.05, 0.1) is 17.8 Å². The molecule has 2 aromatic rings. The van der Waals surface area contributed by atoms with Crippen LogP contribution in [0.15, 0.2) is 18.2 Å². The van der Waals surface area contributed by atoms with Crippen LogP contribution in [0.5, 0.6) is 0 Å². The van der Waals surface area contributed by atoms with Gasteiger partial charge in [0.25, 0.3) is 0 Å². The summed E-state index contributed by atoms with van der Waals surface area (Å²) in [7, 11) is 0. The van der Waals surface area contributed by atoms with E-state index in [2.05, 4.69) is 29.6 Å². The van der Waals surface area contributed by atoms with Crippen molar-refractivity contribution in [2.24, 2.45) is 5.92 Å². The molecule has 2 rings (SSSR count). The van der Waals surface area contributed by atoms with Gasteiger partial charge in [0.2, 0.25) is 11.8 Å². The van der Waals surface area contributed by atoms with E-state index in [0.29, 0.717) is 11.6 Å². The van der Waals surface area contributed by atoms with Crippen molar-refractivity contribution >= 4 is 23.2 Å². The van der Waals surface area contributed by atoms with E-state index in [1.165, 1.54) is 25.1 Å². The van der Waals surface area contributed by atoms with Crippen molar-refractivity contribution in [3.05, 3.63) is 41.0 Å². The SMILES string of the molecule is CC(=O)Nc1ccc(F)c(NC(=O)Cc2c(C)nn(CC(C)C)c2C)c1.